The quantitative estimate of drug-likeness (QED) is 0.634. The predicted molar refractivity (Wildman–Crippen MR) is 89.6 cm³/mol. The molecule has 0 aliphatic heterocycles. The van der Waals surface area contributed by atoms with Crippen molar-refractivity contribution in [2.24, 2.45) is 0 Å². The Bertz CT molecular complexity index is 799. The minimum absolute atomic E-state index is 0.0329. The van der Waals surface area contributed by atoms with Crippen LogP contribution < -0.4 is 0 Å². The summed E-state index contributed by atoms with van der Waals surface area (Å²) < 4.78 is 9.47. The Morgan fingerprint density at radius 1 is 1.04 bits per heavy atom. The number of thioether (sulfide) groups is 1. The molecule has 0 fully saturated rings. The number of aliphatic carboxylic acids is 1. The highest BCUT2D eigenvalue weighted by molar-refractivity contribution is 7.99. The highest BCUT2D eigenvalue weighted by Crippen LogP contribution is 2.31. The maximum Gasteiger partial charge on any atom is 0.338 e. The summed E-state index contributed by atoms with van der Waals surface area (Å²) in [5, 5.41) is 10.3. The van der Waals surface area contributed by atoms with E-state index in [1.165, 1.54) is 26.0 Å². The SMILES string of the molecule is COC(=O)c1cc2cccc(SCCC(=O)O)c2cc1C(=O)OC. The number of hydrogen-bond acceptors (Lipinski definition) is 6. The van der Waals surface area contributed by atoms with Crippen molar-refractivity contribution >= 4 is 40.4 Å². The van der Waals surface area contributed by atoms with Gasteiger partial charge in [-0.05, 0) is 29.0 Å². The fraction of sp³-hybridized carbons (Fsp3) is 0.235. The van der Waals surface area contributed by atoms with Crippen LogP contribution in [0.15, 0.2) is 35.2 Å². The topological polar surface area (TPSA) is 89.9 Å². The Kier molecular flexibility index (Phi) is 5.81. The van der Waals surface area contributed by atoms with Gasteiger partial charge in [-0.25, -0.2) is 9.59 Å². The van der Waals surface area contributed by atoms with E-state index in [0.29, 0.717) is 5.75 Å². The molecule has 2 rings (SSSR count). The minimum Gasteiger partial charge on any atom is -0.481 e. The van der Waals surface area contributed by atoms with E-state index in [1.807, 2.05) is 18.2 Å². The van der Waals surface area contributed by atoms with Crippen molar-refractivity contribution in [3.8, 4) is 0 Å². The molecule has 0 unspecified atom stereocenters. The Morgan fingerprint density at radius 3 is 2.25 bits per heavy atom. The summed E-state index contributed by atoms with van der Waals surface area (Å²) in [5.41, 5.74) is 0.243. The van der Waals surface area contributed by atoms with Crippen LogP contribution in [0.4, 0.5) is 0 Å². The Hall–Kier alpha value is -2.54. The fourth-order valence-electron chi connectivity index (χ4n) is 2.23. The van der Waals surface area contributed by atoms with Crippen LogP contribution in [-0.2, 0) is 14.3 Å². The van der Waals surface area contributed by atoms with Crippen LogP contribution in [0.5, 0.6) is 0 Å². The summed E-state index contributed by atoms with van der Waals surface area (Å²) in [6.45, 7) is 0. The lowest BCUT2D eigenvalue weighted by Crippen LogP contribution is -2.12. The molecular weight excluding hydrogens is 332 g/mol. The maximum atomic E-state index is 12.0. The van der Waals surface area contributed by atoms with E-state index in [9.17, 15) is 14.4 Å². The first-order valence-corrected chi connectivity index (χ1v) is 8.04. The van der Waals surface area contributed by atoms with E-state index < -0.39 is 17.9 Å². The standard InChI is InChI=1S/C17H16O6S/c1-22-16(20)12-8-10-4-3-5-14(24-7-6-15(18)19)11(10)9-13(12)17(21)23-2/h3-5,8-9H,6-7H2,1-2H3,(H,18,19). The number of methoxy groups -OCH3 is 2. The molecule has 0 spiro atoms. The van der Waals surface area contributed by atoms with E-state index in [1.54, 1.807) is 12.1 Å². The van der Waals surface area contributed by atoms with Crippen molar-refractivity contribution in [2.45, 2.75) is 11.3 Å². The number of carbonyl (C=O) groups excluding carboxylic acids is 2. The van der Waals surface area contributed by atoms with Crippen molar-refractivity contribution in [1.82, 2.24) is 0 Å². The monoisotopic (exact) mass is 348 g/mol. The summed E-state index contributed by atoms with van der Waals surface area (Å²) in [6, 6.07) is 8.62. The molecule has 0 atom stereocenters. The molecule has 0 heterocycles. The van der Waals surface area contributed by atoms with Crippen molar-refractivity contribution in [1.29, 1.82) is 0 Å². The molecule has 0 aliphatic carbocycles. The zero-order chi connectivity index (χ0) is 17.7. The van der Waals surface area contributed by atoms with Gasteiger partial charge in [0, 0.05) is 10.6 Å². The number of esters is 2. The van der Waals surface area contributed by atoms with Crippen molar-refractivity contribution in [3.05, 3.63) is 41.5 Å². The van der Waals surface area contributed by atoms with Crippen molar-refractivity contribution < 1.29 is 29.0 Å². The van der Waals surface area contributed by atoms with Gasteiger partial charge in [-0.1, -0.05) is 12.1 Å². The third kappa shape index (κ3) is 3.86. The Balaban J connectivity index is 2.54. The summed E-state index contributed by atoms with van der Waals surface area (Å²) in [4.78, 5) is 35.4. The Morgan fingerprint density at radius 2 is 1.67 bits per heavy atom. The van der Waals surface area contributed by atoms with Crippen LogP contribution in [0.2, 0.25) is 0 Å². The molecule has 2 aromatic rings. The molecular formula is C17H16O6S. The molecule has 1 N–H and O–H groups in total. The summed E-state index contributed by atoms with van der Waals surface area (Å²) in [6.07, 6.45) is 0.0329. The molecule has 0 amide bonds. The summed E-state index contributed by atoms with van der Waals surface area (Å²) in [5.74, 6) is -1.73. The number of fused-ring (bicyclic) bond motifs is 1. The third-order valence-corrected chi connectivity index (χ3v) is 4.44. The second-order valence-corrected chi connectivity index (χ2v) is 5.99. The van der Waals surface area contributed by atoms with Gasteiger partial charge in [0.15, 0.2) is 0 Å². The second-order valence-electron chi connectivity index (χ2n) is 4.85. The molecule has 7 heteroatoms. The van der Waals surface area contributed by atoms with E-state index in [-0.39, 0.29) is 17.5 Å². The molecule has 0 bridgehead atoms. The first-order valence-electron chi connectivity index (χ1n) is 7.06. The largest absolute Gasteiger partial charge is 0.481 e. The normalized spacial score (nSPS) is 10.4. The van der Waals surface area contributed by atoms with Gasteiger partial charge in [0.05, 0.1) is 31.8 Å². The molecule has 2 aromatic carbocycles. The summed E-state index contributed by atoms with van der Waals surface area (Å²) >= 11 is 1.38. The van der Waals surface area contributed by atoms with Gasteiger partial charge in [-0.3, -0.25) is 4.79 Å². The van der Waals surface area contributed by atoms with E-state index >= 15 is 0 Å². The number of carbonyl (C=O) groups is 3. The zero-order valence-corrected chi connectivity index (χ0v) is 14.0. The molecule has 0 saturated carbocycles. The molecule has 6 nitrogen and oxygen atoms in total. The fourth-order valence-corrected chi connectivity index (χ4v) is 3.23. The second kappa shape index (κ2) is 7.83. The van der Waals surface area contributed by atoms with Crippen molar-refractivity contribution in [3.63, 3.8) is 0 Å². The van der Waals surface area contributed by atoms with Gasteiger partial charge in [0.2, 0.25) is 0 Å². The smallest absolute Gasteiger partial charge is 0.338 e. The average molecular weight is 348 g/mol. The highest BCUT2D eigenvalue weighted by Gasteiger charge is 2.20. The van der Waals surface area contributed by atoms with Gasteiger partial charge in [-0.2, -0.15) is 0 Å². The lowest BCUT2D eigenvalue weighted by molar-refractivity contribution is -0.136. The molecule has 0 aliphatic rings. The van der Waals surface area contributed by atoms with Crippen LogP contribution >= 0.6 is 11.8 Å². The number of ether oxygens (including phenoxy) is 2. The molecule has 126 valence electrons. The van der Waals surface area contributed by atoms with Gasteiger partial charge < -0.3 is 14.6 Å². The number of carboxylic acids is 1. The number of benzene rings is 2. The van der Waals surface area contributed by atoms with Crippen LogP contribution in [-0.4, -0.2) is 43.0 Å². The van der Waals surface area contributed by atoms with E-state index in [4.69, 9.17) is 14.6 Å². The molecule has 0 aromatic heterocycles. The lowest BCUT2D eigenvalue weighted by Gasteiger charge is -2.11. The maximum absolute atomic E-state index is 12.0. The molecule has 0 radical (unpaired) electrons. The van der Waals surface area contributed by atoms with Crippen LogP contribution in [0.25, 0.3) is 10.8 Å². The van der Waals surface area contributed by atoms with Gasteiger partial charge >= 0.3 is 17.9 Å². The number of rotatable bonds is 6. The van der Waals surface area contributed by atoms with Crippen LogP contribution in [0, 0.1) is 0 Å². The lowest BCUT2D eigenvalue weighted by atomic mass is 10.0. The predicted octanol–water partition coefficient (Wildman–Crippen LogP) is 2.98. The average Bonchev–Trinajstić information content (AvgIpc) is 2.59. The number of carboxylic acid groups (broad SMARTS) is 1. The highest BCUT2D eigenvalue weighted by atomic mass is 32.2. The van der Waals surface area contributed by atoms with Gasteiger partial charge in [0.1, 0.15) is 0 Å². The minimum atomic E-state index is -0.869. The van der Waals surface area contributed by atoms with Crippen LogP contribution in [0.1, 0.15) is 27.1 Å². The van der Waals surface area contributed by atoms with E-state index in [2.05, 4.69) is 0 Å². The number of hydrogen-bond donors (Lipinski definition) is 1. The zero-order valence-electron chi connectivity index (χ0n) is 13.2. The Labute approximate surface area is 142 Å². The molecule has 24 heavy (non-hydrogen) atoms. The first-order chi connectivity index (χ1) is 11.5. The molecule has 0 saturated heterocycles. The van der Waals surface area contributed by atoms with Gasteiger partial charge in [0.25, 0.3) is 0 Å². The summed E-state index contributed by atoms with van der Waals surface area (Å²) in [7, 11) is 2.48. The van der Waals surface area contributed by atoms with Crippen molar-refractivity contribution in [2.75, 3.05) is 20.0 Å². The van der Waals surface area contributed by atoms with E-state index in [0.717, 1.165) is 15.7 Å². The first kappa shape index (κ1) is 17.8. The van der Waals surface area contributed by atoms with Crippen LogP contribution in [0.3, 0.4) is 0 Å². The van der Waals surface area contributed by atoms with Gasteiger partial charge in [-0.15, -0.1) is 11.8 Å². The third-order valence-electron chi connectivity index (χ3n) is 3.36.